The fraction of sp³-hybridized carbons (Fsp3) is 0.571. The molecule has 1 heterocycles. The van der Waals surface area contributed by atoms with Crippen molar-refractivity contribution in [2.75, 3.05) is 13.2 Å². The molecule has 0 aromatic heterocycles. The van der Waals surface area contributed by atoms with Gasteiger partial charge in [0.25, 0.3) is 0 Å². The van der Waals surface area contributed by atoms with Gasteiger partial charge in [-0.15, -0.1) is 0 Å². The van der Waals surface area contributed by atoms with Crippen molar-refractivity contribution in [2.45, 2.75) is 64.8 Å². The lowest BCUT2D eigenvalue weighted by atomic mass is 10.2. The van der Waals surface area contributed by atoms with Gasteiger partial charge in [-0.2, -0.15) is 0 Å². The van der Waals surface area contributed by atoms with E-state index in [1.54, 1.807) is 0 Å². The highest BCUT2D eigenvalue weighted by atomic mass is 16.7. The number of rotatable bonds is 7. The summed E-state index contributed by atoms with van der Waals surface area (Å²) in [5.74, 6) is -0.590. The first-order chi connectivity index (χ1) is 12.6. The standard InChI is InChI=1S/C21H31NO5/c1-20(2,3)27-19(23)22-17(11-12-18-15-25-21(4,5)26-18)14-24-13-16-9-7-6-8-10-16/h6-12,17-18H,13-15H2,1-5H3,(H,22,23)/b12-11+/t17-,18+/m0/s1. The molecule has 1 aliphatic heterocycles. The molecule has 0 saturated carbocycles. The second kappa shape index (κ2) is 9.35. The number of ether oxygens (including phenoxy) is 4. The Bertz CT molecular complexity index is 621. The van der Waals surface area contributed by atoms with Crippen molar-refractivity contribution < 1.29 is 23.7 Å². The Morgan fingerprint density at radius 3 is 2.63 bits per heavy atom. The quantitative estimate of drug-likeness (QED) is 0.732. The van der Waals surface area contributed by atoms with Crippen molar-refractivity contribution >= 4 is 6.09 Å². The highest BCUT2D eigenvalue weighted by Gasteiger charge is 2.31. The van der Waals surface area contributed by atoms with E-state index in [0.29, 0.717) is 19.8 Å². The summed E-state index contributed by atoms with van der Waals surface area (Å²) in [6.07, 6.45) is 3.12. The summed E-state index contributed by atoms with van der Waals surface area (Å²) in [6.45, 7) is 10.5. The van der Waals surface area contributed by atoms with E-state index in [9.17, 15) is 4.79 Å². The van der Waals surface area contributed by atoms with Gasteiger partial charge in [0.1, 0.15) is 11.7 Å². The van der Waals surface area contributed by atoms with E-state index >= 15 is 0 Å². The monoisotopic (exact) mass is 377 g/mol. The lowest BCUT2D eigenvalue weighted by Gasteiger charge is -2.22. The van der Waals surface area contributed by atoms with Crippen molar-refractivity contribution in [3.63, 3.8) is 0 Å². The van der Waals surface area contributed by atoms with Crippen LogP contribution in [0.25, 0.3) is 0 Å². The molecule has 0 unspecified atom stereocenters. The van der Waals surface area contributed by atoms with Crippen LogP contribution in [0.5, 0.6) is 0 Å². The van der Waals surface area contributed by atoms with E-state index < -0.39 is 17.5 Å². The van der Waals surface area contributed by atoms with Crippen LogP contribution in [0, 0.1) is 0 Å². The van der Waals surface area contributed by atoms with E-state index in [1.165, 1.54) is 0 Å². The summed E-state index contributed by atoms with van der Waals surface area (Å²) >= 11 is 0. The Morgan fingerprint density at radius 2 is 2.04 bits per heavy atom. The normalized spacial score (nSPS) is 20.6. The van der Waals surface area contributed by atoms with Gasteiger partial charge < -0.3 is 24.3 Å². The van der Waals surface area contributed by atoms with Gasteiger partial charge in [-0.3, -0.25) is 0 Å². The number of hydrogen-bond donors (Lipinski definition) is 1. The summed E-state index contributed by atoms with van der Waals surface area (Å²) in [4.78, 5) is 12.1. The van der Waals surface area contributed by atoms with Crippen molar-refractivity contribution in [3.05, 3.63) is 48.0 Å². The first kappa shape index (κ1) is 21.4. The molecule has 1 saturated heterocycles. The van der Waals surface area contributed by atoms with Crippen LogP contribution in [0.1, 0.15) is 40.2 Å². The van der Waals surface area contributed by atoms with Crippen LogP contribution in [0.3, 0.4) is 0 Å². The molecule has 27 heavy (non-hydrogen) atoms. The first-order valence-electron chi connectivity index (χ1n) is 9.24. The average Bonchev–Trinajstić information content (AvgIpc) is 2.91. The van der Waals surface area contributed by atoms with Gasteiger partial charge in [-0.1, -0.05) is 42.5 Å². The fourth-order valence-electron chi connectivity index (χ4n) is 2.55. The van der Waals surface area contributed by atoms with Gasteiger partial charge in [-0.25, -0.2) is 4.79 Å². The Balaban J connectivity index is 1.91. The fourth-order valence-corrected chi connectivity index (χ4v) is 2.55. The van der Waals surface area contributed by atoms with E-state index in [2.05, 4.69) is 5.32 Å². The van der Waals surface area contributed by atoms with Gasteiger partial charge in [0.15, 0.2) is 5.79 Å². The molecule has 1 fully saturated rings. The van der Waals surface area contributed by atoms with Crippen LogP contribution in [-0.2, 0) is 25.6 Å². The minimum atomic E-state index is -0.590. The van der Waals surface area contributed by atoms with Gasteiger partial charge in [-0.05, 0) is 40.2 Å². The SMILES string of the molecule is CC(C)(C)OC(=O)N[C@@H](/C=C/[C@@H]1COC(C)(C)O1)COCc1ccccc1. The number of carbonyl (C=O) groups is 1. The smallest absolute Gasteiger partial charge is 0.408 e. The summed E-state index contributed by atoms with van der Waals surface area (Å²) in [7, 11) is 0. The molecule has 2 atom stereocenters. The largest absolute Gasteiger partial charge is 0.444 e. The molecule has 2 rings (SSSR count). The molecule has 150 valence electrons. The highest BCUT2D eigenvalue weighted by molar-refractivity contribution is 5.68. The molecule has 1 N–H and O–H groups in total. The lowest BCUT2D eigenvalue weighted by molar-refractivity contribution is -0.133. The molecular formula is C21H31NO5. The Morgan fingerprint density at radius 1 is 1.33 bits per heavy atom. The topological polar surface area (TPSA) is 66.0 Å². The number of amides is 1. The molecule has 1 aromatic rings. The summed E-state index contributed by atoms with van der Waals surface area (Å²) in [5, 5.41) is 2.84. The van der Waals surface area contributed by atoms with Crippen LogP contribution in [-0.4, -0.2) is 42.8 Å². The van der Waals surface area contributed by atoms with Gasteiger partial charge in [0, 0.05) is 0 Å². The summed E-state index contributed by atoms with van der Waals surface area (Å²) < 4.78 is 22.4. The predicted molar refractivity (Wildman–Crippen MR) is 103 cm³/mol. The lowest BCUT2D eigenvalue weighted by Crippen LogP contribution is -2.40. The summed E-state index contributed by atoms with van der Waals surface area (Å²) in [6, 6.07) is 9.55. The number of nitrogens with one attached hydrogen (secondary N) is 1. The van der Waals surface area contributed by atoms with E-state index in [-0.39, 0.29) is 12.1 Å². The predicted octanol–water partition coefficient (Wildman–Crippen LogP) is 3.80. The minimum Gasteiger partial charge on any atom is -0.444 e. The molecule has 0 radical (unpaired) electrons. The molecule has 0 bridgehead atoms. The maximum absolute atomic E-state index is 12.1. The van der Waals surface area contributed by atoms with E-state index in [4.69, 9.17) is 18.9 Å². The number of hydrogen-bond acceptors (Lipinski definition) is 5. The van der Waals surface area contributed by atoms with Crippen molar-refractivity contribution in [2.24, 2.45) is 0 Å². The molecule has 1 aliphatic rings. The molecular weight excluding hydrogens is 346 g/mol. The zero-order valence-electron chi connectivity index (χ0n) is 16.9. The second-order valence-electron chi connectivity index (χ2n) is 8.01. The van der Waals surface area contributed by atoms with Crippen molar-refractivity contribution in [1.82, 2.24) is 5.32 Å². The maximum Gasteiger partial charge on any atom is 0.408 e. The molecule has 0 spiro atoms. The Hall–Kier alpha value is -1.89. The zero-order valence-corrected chi connectivity index (χ0v) is 16.9. The molecule has 6 nitrogen and oxygen atoms in total. The molecule has 1 amide bonds. The third-order valence-corrected chi connectivity index (χ3v) is 3.70. The zero-order chi connectivity index (χ0) is 19.9. The number of benzene rings is 1. The maximum atomic E-state index is 12.1. The van der Waals surface area contributed by atoms with Crippen molar-refractivity contribution in [3.8, 4) is 0 Å². The van der Waals surface area contributed by atoms with Crippen LogP contribution in [0.15, 0.2) is 42.5 Å². The van der Waals surface area contributed by atoms with Crippen LogP contribution in [0.2, 0.25) is 0 Å². The highest BCUT2D eigenvalue weighted by Crippen LogP contribution is 2.23. The third-order valence-electron chi connectivity index (χ3n) is 3.70. The first-order valence-corrected chi connectivity index (χ1v) is 9.24. The molecule has 6 heteroatoms. The number of alkyl carbamates (subject to hydrolysis) is 1. The van der Waals surface area contributed by atoms with E-state index in [1.807, 2.05) is 77.1 Å². The molecule has 0 aliphatic carbocycles. The number of carbonyl (C=O) groups excluding carboxylic acids is 1. The second-order valence-corrected chi connectivity index (χ2v) is 8.01. The third kappa shape index (κ3) is 8.56. The Kier molecular flexibility index (Phi) is 7.41. The van der Waals surface area contributed by atoms with Gasteiger partial charge in [0.05, 0.1) is 25.9 Å². The van der Waals surface area contributed by atoms with Crippen molar-refractivity contribution in [1.29, 1.82) is 0 Å². The van der Waals surface area contributed by atoms with Crippen LogP contribution in [0.4, 0.5) is 4.79 Å². The average molecular weight is 377 g/mol. The van der Waals surface area contributed by atoms with Gasteiger partial charge >= 0.3 is 6.09 Å². The van der Waals surface area contributed by atoms with Crippen LogP contribution >= 0.6 is 0 Å². The van der Waals surface area contributed by atoms with Crippen LogP contribution < -0.4 is 5.32 Å². The Labute approximate surface area is 161 Å². The minimum absolute atomic E-state index is 0.156. The van der Waals surface area contributed by atoms with E-state index in [0.717, 1.165) is 5.56 Å². The molecule has 1 aromatic carbocycles. The van der Waals surface area contributed by atoms with Gasteiger partial charge in [0.2, 0.25) is 0 Å². The summed E-state index contributed by atoms with van der Waals surface area (Å²) in [5.41, 5.74) is 0.516.